The molecule has 104 valence electrons. The van der Waals surface area contributed by atoms with E-state index in [0.29, 0.717) is 17.2 Å². The maximum Gasteiger partial charge on any atom is 0.152 e. The highest BCUT2D eigenvalue weighted by Crippen LogP contribution is 2.28. The Morgan fingerprint density at radius 2 is 2.25 bits per heavy atom. The molecule has 6 heteroatoms. The third-order valence-electron chi connectivity index (χ3n) is 3.00. The molecule has 1 heterocycles. The molecule has 0 fully saturated rings. The van der Waals surface area contributed by atoms with Crippen LogP contribution in [0.25, 0.3) is 0 Å². The topological polar surface area (TPSA) is 79.7 Å². The number of aromatic nitrogens is 2. The first-order valence-electron chi connectivity index (χ1n) is 6.34. The standard InChI is InChI=1S/C14H16FN5/c1-3-4-12-13(17)14(20(2)19-12)18-11-6-5-10(15)7-9(11)8-16/h5-7,18H,3-4,17H2,1-2H3. The molecule has 2 rings (SSSR count). The van der Waals surface area contributed by atoms with Gasteiger partial charge in [-0.3, -0.25) is 4.68 Å². The van der Waals surface area contributed by atoms with Gasteiger partial charge in [0.05, 0.1) is 22.6 Å². The minimum atomic E-state index is -0.447. The Hall–Kier alpha value is -2.55. The zero-order chi connectivity index (χ0) is 14.7. The van der Waals surface area contributed by atoms with E-state index in [-0.39, 0.29) is 5.56 Å². The molecule has 2 aromatic rings. The van der Waals surface area contributed by atoms with Crippen molar-refractivity contribution in [2.24, 2.45) is 7.05 Å². The summed E-state index contributed by atoms with van der Waals surface area (Å²) in [7, 11) is 1.77. The van der Waals surface area contributed by atoms with E-state index in [1.54, 1.807) is 11.7 Å². The first kappa shape index (κ1) is 13.9. The van der Waals surface area contributed by atoms with E-state index in [0.717, 1.165) is 18.5 Å². The molecule has 0 atom stereocenters. The van der Waals surface area contributed by atoms with Crippen molar-refractivity contribution < 1.29 is 4.39 Å². The molecule has 0 aliphatic rings. The lowest BCUT2D eigenvalue weighted by molar-refractivity contribution is 0.627. The normalized spacial score (nSPS) is 10.3. The van der Waals surface area contributed by atoms with Gasteiger partial charge in [0.1, 0.15) is 11.9 Å². The van der Waals surface area contributed by atoms with Gasteiger partial charge in [-0.1, -0.05) is 13.3 Å². The fraction of sp³-hybridized carbons (Fsp3) is 0.286. The predicted molar refractivity (Wildman–Crippen MR) is 76.0 cm³/mol. The molecule has 20 heavy (non-hydrogen) atoms. The summed E-state index contributed by atoms with van der Waals surface area (Å²) in [6.45, 7) is 2.05. The van der Waals surface area contributed by atoms with Crippen molar-refractivity contribution in [2.75, 3.05) is 11.1 Å². The molecule has 1 aromatic carbocycles. The van der Waals surface area contributed by atoms with E-state index in [2.05, 4.69) is 17.3 Å². The molecule has 0 aliphatic heterocycles. The SMILES string of the molecule is CCCc1nn(C)c(Nc2ccc(F)cc2C#N)c1N. The second kappa shape index (κ2) is 5.61. The second-order valence-electron chi connectivity index (χ2n) is 4.51. The van der Waals surface area contributed by atoms with Crippen LogP contribution in [0.2, 0.25) is 0 Å². The van der Waals surface area contributed by atoms with Gasteiger partial charge in [-0.05, 0) is 24.6 Å². The average molecular weight is 273 g/mol. The van der Waals surface area contributed by atoms with Gasteiger partial charge in [0.15, 0.2) is 5.82 Å². The van der Waals surface area contributed by atoms with Crippen LogP contribution in [0.5, 0.6) is 0 Å². The van der Waals surface area contributed by atoms with Crippen molar-refractivity contribution in [1.29, 1.82) is 5.26 Å². The van der Waals surface area contributed by atoms with Crippen molar-refractivity contribution in [3.63, 3.8) is 0 Å². The van der Waals surface area contributed by atoms with Gasteiger partial charge in [-0.15, -0.1) is 0 Å². The molecule has 0 saturated carbocycles. The van der Waals surface area contributed by atoms with Crippen LogP contribution < -0.4 is 11.1 Å². The summed E-state index contributed by atoms with van der Waals surface area (Å²) in [5.74, 6) is 0.160. The maximum atomic E-state index is 13.1. The zero-order valence-corrected chi connectivity index (χ0v) is 11.4. The number of hydrogen-bond donors (Lipinski definition) is 2. The lowest BCUT2D eigenvalue weighted by Gasteiger charge is -2.09. The molecule has 3 N–H and O–H groups in total. The molecule has 0 aliphatic carbocycles. The highest BCUT2D eigenvalue weighted by Gasteiger charge is 2.14. The van der Waals surface area contributed by atoms with Crippen molar-refractivity contribution in [3.8, 4) is 6.07 Å². The smallest absolute Gasteiger partial charge is 0.152 e. The Morgan fingerprint density at radius 1 is 1.50 bits per heavy atom. The molecule has 0 unspecified atom stereocenters. The summed E-state index contributed by atoms with van der Waals surface area (Å²) >= 11 is 0. The maximum absolute atomic E-state index is 13.1. The Bertz CT molecular complexity index is 669. The molecule has 0 saturated heterocycles. The second-order valence-corrected chi connectivity index (χ2v) is 4.51. The highest BCUT2D eigenvalue weighted by atomic mass is 19.1. The van der Waals surface area contributed by atoms with Crippen LogP contribution in [0.1, 0.15) is 24.6 Å². The van der Waals surface area contributed by atoms with E-state index in [9.17, 15) is 4.39 Å². The number of halogens is 1. The quantitative estimate of drug-likeness (QED) is 0.897. The lowest BCUT2D eigenvalue weighted by atomic mass is 10.2. The lowest BCUT2D eigenvalue weighted by Crippen LogP contribution is -2.03. The van der Waals surface area contributed by atoms with Gasteiger partial charge in [0, 0.05) is 7.05 Å². The monoisotopic (exact) mass is 273 g/mol. The Kier molecular flexibility index (Phi) is 3.89. The van der Waals surface area contributed by atoms with Crippen LogP contribution >= 0.6 is 0 Å². The molecule has 1 aromatic heterocycles. The summed E-state index contributed by atoms with van der Waals surface area (Å²) < 4.78 is 14.7. The highest BCUT2D eigenvalue weighted by molar-refractivity contribution is 5.74. The van der Waals surface area contributed by atoms with Crippen molar-refractivity contribution in [1.82, 2.24) is 9.78 Å². The van der Waals surface area contributed by atoms with Crippen LogP contribution in [0.15, 0.2) is 18.2 Å². The number of aryl methyl sites for hydroxylation is 2. The van der Waals surface area contributed by atoms with Crippen LogP contribution in [0.3, 0.4) is 0 Å². The Morgan fingerprint density at radius 3 is 2.90 bits per heavy atom. The van der Waals surface area contributed by atoms with Gasteiger partial charge in [-0.2, -0.15) is 10.4 Å². The zero-order valence-electron chi connectivity index (χ0n) is 11.4. The van der Waals surface area contributed by atoms with Crippen LogP contribution in [0, 0.1) is 17.1 Å². The summed E-state index contributed by atoms with van der Waals surface area (Å²) in [5.41, 5.74) is 8.16. The van der Waals surface area contributed by atoms with Crippen molar-refractivity contribution in [2.45, 2.75) is 19.8 Å². The van der Waals surface area contributed by atoms with Crippen LogP contribution in [0.4, 0.5) is 21.6 Å². The minimum Gasteiger partial charge on any atom is -0.394 e. The first-order chi connectivity index (χ1) is 9.56. The summed E-state index contributed by atoms with van der Waals surface area (Å²) in [5, 5.41) is 16.4. The summed E-state index contributed by atoms with van der Waals surface area (Å²) in [6, 6.07) is 5.94. The fourth-order valence-corrected chi connectivity index (χ4v) is 2.01. The number of nitrogens with two attached hydrogens (primary N) is 1. The average Bonchev–Trinajstić information content (AvgIpc) is 2.68. The van der Waals surface area contributed by atoms with E-state index < -0.39 is 5.82 Å². The number of nitrogens with one attached hydrogen (secondary N) is 1. The van der Waals surface area contributed by atoms with E-state index in [4.69, 9.17) is 11.0 Å². The van der Waals surface area contributed by atoms with E-state index >= 15 is 0 Å². The van der Waals surface area contributed by atoms with Gasteiger partial charge >= 0.3 is 0 Å². The Balaban J connectivity index is 2.38. The number of nitrogen functional groups attached to an aromatic ring is 1. The van der Waals surface area contributed by atoms with Gasteiger partial charge in [0.25, 0.3) is 0 Å². The van der Waals surface area contributed by atoms with E-state index in [1.165, 1.54) is 18.2 Å². The molecule has 0 amide bonds. The molecular weight excluding hydrogens is 257 g/mol. The minimum absolute atomic E-state index is 0.225. The molecular formula is C14H16FN5. The molecule has 0 bridgehead atoms. The first-order valence-corrected chi connectivity index (χ1v) is 6.34. The molecule has 0 spiro atoms. The predicted octanol–water partition coefficient (Wildman–Crippen LogP) is 2.71. The molecule has 5 nitrogen and oxygen atoms in total. The van der Waals surface area contributed by atoms with Gasteiger partial charge in [-0.25, -0.2) is 4.39 Å². The summed E-state index contributed by atoms with van der Waals surface area (Å²) in [4.78, 5) is 0. The van der Waals surface area contributed by atoms with Gasteiger partial charge < -0.3 is 11.1 Å². The van der Waals surface area contributed by atoms with Crippen molar-refractivity contribution in [3.05, 3.63) is 35.3 Å². The number of rotatable bonds is 4. The largest absolute Gasteiger partial charge is 0.394 e. The number of hydrogen-bond acceptors (Lipinski definition) is 4. The van der Waals surface area contributed by atoms with Crippen LogP contribution in [-0.4, -0.2) is 9.78 Å². The van der Waals surface area contributed by atoms with Crippen molar-refractivity contribution >= 4 is 17.2 Å². The van der Waals surface area contributed by atoms with E-state index in [1.807, 2.05) is 6.07 Å². The number of nitriles is 1. The molecule has 0 radical (unpaired) electrons. The van der Waals surface area contributed by atoms with Crippen LogP contribution in [-0.2, 0) is 13.5 Å². The number of nitrogens with zero attached hydrogens (tertiary/aromatic N) is 3. The third-order valence-corrected chi connectivity index (χ3v) is 3.00. The summed E-state index contributed by atoms with van der Waals surface area (Å²) in [6.07, 6.45) is 1.73. The van der Waals surface area contributed by atoms with Gasteiger partial charge in [0.2, 0.25) is 0 Å². The number of anilines is 3. The Labute approximate surface area is 116 Å². The third kappa shape index (κ3) is 2.57. The fourth-order valence-electron chi connectivity index (χ4n) is 2.01. The number of benzene rings is 1.